The third-order valence-electron chi connectivity index (χ3n) is 6.24. The highest BCUT2D eigenvalue weighted by Crippen LogP contribution is 2.41. The van der Waals surface area contributed by atoms with Crippen molar-refractivity contribution in [1.29, 1.82) is 0 Å². The van der Waals surface area contributed by atoms with Gasteiger partial charge in [-0.05, 0) is 57.9 Å². The van der Waals surface area contributed by atoms with E-state index in [1.54, 1.807) is 0 Å². The van der Waals surface area contributed by atoms with Gasteiger partial charge in [0, 0.05) is 31.2 Å². The van der Waals surface area contributed by atoms with Crippen molar-refractivity contribution in [2.75, 3.05) is 23.7 Å². The summed E-state index contributed by atoms with van der Waals surface area (Å²) in [6.07, 6.45) is 4.77. The molecule has 0 spiro atoms. The zero-order chi connectivity index (χ0) is 22.0. The number of hydrogen-bond donors (Lipinski definition) is 0. The van der Waals surface area contributed by atoms with Crippen LogP contribution in [0, 0.1) is 5.92 Å². The summed E-state index contributed by atoms with van der Waals surface area (Å²) in [5.41, 5.74) is 0.909. The quantitative estimate of drug-likeness (QED) is 0.580. The van der Waals surface area contributed by atoms with E-state index >= 15 is 0 Å². The van der Waals surface area contributed by atoms with Gasteiger partial charge in [0.2, 0.25) is 11.9 Å². The van der Waals surface area contributed by atoms with E-state index in [4.69, 9.17) is 0 Å². The maximum atomic E-state index is 13.2. The van der Waals surface area contributed by atoms with Crippen molar-refractivity contribution < 1.29 is 4.79 Å². The van der Waals surface area contributed by atoms with Gasteiger partial charge in [0.15, 0.2) is 5.16 Å². The molecule has 1 saturated heterocycles. The van der Waals surface area contributed by atoms with E-state index in [1.807, 2.05) is 23.1 Å². The Bertz CT molecular complexity index is 879. The molecule has 2 heterocycles. The number of benzene rings is 1. The maximum absolute atomic E-state index is 13.2. The predicted molar refractivity (Wildman–Crippen MR) is 126 cm³/mol. The summed E-state index contributed by atoms with van der Waals surface area (Å²) >= 11 is 1.54. The fourth-order valence-corrected chi connectivity index (χ4v) is 4.99. The molecule has 1 saturated carbocycles. The van der Waals surface area contributed by atoms with E-state index in [1.165, 1.54) is 37.4 Å². The number of thioether (sulfide) groups is 1. The van der Waals surface area contributed by atoms with Crippen LogP contribution in [-0.4, -0.2) is 50.0 Å². The second kappa shape index (κ2) is 9.23. The van der Waals surface area contributed by atoms with Gasteiger partial charge < -0.3 is 9.80 Å². The van der Waals surface area contributed by atoms with Crippen LogP contribution in [0.15, 0.2) is 35.5 Å². The molecule has 0 atom stereocenters. The lowest BCUT2D eigenvalue weighted by Gasteiger charge is -2.36. The molecule has 1 aliphatic heterocycles. The topological polar surface area (TPSA) is 54.3 Å². The van der Waals surface area contributed by atoms with Gasteiger partial charge >= 0.3 is 0 Å². The Kier molecular flexibility index (Phi) is 6.60. The Morgan fingerprint density at radius 1 is 1.10 bits per heavy atom. The maximum Gasteiger partial charge on any atom is 0.233 e. The number of carbonyl (C=O) groups excluding carboxylic acids is 1. The minimum Gasteiger partial charge on any atom is -0.341 e. The van der Waals surface area contributed by atoms with Crippen LogP contribution in [0.4, 0.5) is 5.95 Å². The molecule has 0 unspecified atom stereocenters. The molecule has 4 rings (SSSR count). The fourth-order valence-electron chi connectivity index (χ4n) is 4.11. The van der Waals surface area contributed by atoms with E-state index in [-0.39, 0.29) is 11.4 Å². The van der Waals surface area contributed by atoms with Crippen LogP contribution in [-0.2, 0) is 11.3 Å². The first kappa shape index (κ1) is 22.2. The Hall–Kier alpha value is -2.02. The van der Waals surface area contributed by atoms with Crippen LogP contribution in [0.1, 0.15) is 65.0 Å². The molecule has 0 N–H and O–H groups in total. The van der Waals surface area contributed by atoms with Crippen molar-refractivity contribution in [2.45, 2.75) is 76.7 Å². The smallest absolute Gasteiger partial charge is 0.233 e. The molecular weight excluding hydrogens is 406 g/mol. The van der Waals surface area contributed by atoms with Crippen molar-refractivity contribution in [3.8, 4) is 0 Å². The zero-order valence-electron chi connectivity index (χ0n) is 19.3. The van der Waals surface area contributed by atoms with Crippen LogP contribution in [0.5, 0.6) is 0 Å². The van der Waals surface area contributed by atoms with Crippen molar-refractivity contribution in [1.82, 2.24) is 19.7 Å². The Morgan fingerprint density at radius 3 is 2.39 bits per heavy atom. The van der Waals surface area contributed by atoms with Gasteiger partial charge in [0.05, 0.1) is 5.75 Å². The summed E-state index contributed by atoms with van der Waals surface area (Å²) in [4.78, 5) is 17.6. The highest BCUT2D eigenvalue weighted by molar-refractivity contribution is 7.99. The van der Waals surface area contributed by atoms with Crippen molar-refractivity contribution in [3.63, 3.8) is 0 Å². The Balaban J connectivity index is 1.46. The summed E-state index contributed by atoms with van der Waals surface area (Å²) in [5.74, 6) is 2.31. The number of rotatable bonds is 7. The molecule has 1 aliphatic carbocycles. The third-order valence-corrected chi connectivity index (χ3v) is 7.17. The normalized spacial score (nSPS) is 17.7. The molecule has 2 fully saturated rings. The average molecular weight is 442 g/mol. The van der Waals surface area contributed by atoms with Crippen LogP contribution in [0.25, 0.3) is 0 Å². The molecule has 1 aromatic carbocycles. The van der Waals surface area contributed by atoms with Gasteiger partial charge in [-0.15, -0.1) is 10.2 Å². The van der Waals surface area contributed by atoms with Gasteiger partial charge in [0.1, 0.15) is 0 Å². The first-order valence-corrected chi connectivity index (χ1v) is 12.5. The molecule has 0 radical (unpaired) electrons. The van der Waals surface area contributed by atoms with Gasteiger partial charge in [-0.2, -0.15) is 0 Å². The lowest BCUT2D eigenvalue weighted by Crippen LogP contribution is -2.46. The van der Waals surface area contributed by atoms with E-state index in [0.717, 1.165) is 35.7 Å². The molecule has 1 aromatic heterocycles. The van der Waals surface area contributed by atoms with Crippen molar-refractivity contribution >= 4 is 23.6 Å². The van der Waals surface area contributed by atoms with Crippen LogP contribution in [0.2, 0.25) is 0 Å². The van der Waals surface area contributed by atoms with E-state index < -0.39 is 0 Å². The van der Waals surface area contributed by atoms with E-state index in [2.05, 4.69) is 59.5 Å². The first-order chi connectivity index (χ1) is 14.8. The molecule has 31 heavy (non-hydrogen) atoms. The highest BCUT2D eigenvalue weighted by atomic mass is 32.2. The number of piperidine rings is 1. The van der Waals surface area contributed by atoms with Gasteiger partial charge in [-0.1, -0.05) is 49.0 Å². The van der Waals surface area contributed by atoms with Gasteiger partial charge in [-0.25, -0.2) is 0 Å². The lowest BCUT2D eigenvalue weighted by atomic mass is 10.00. The SMILES string of the molecule is CC1CCN(c2nnc(SCC(=O)N(Cc3ccccc3)C(C)(C)C)n2C2CC2)CC1. The molecule has 2 aromatic rings. The van der Waals surface area contributed by atoms with Crippen LogP contribution < -0.4 is 4.90 Å². The Labute approximate surface area is 190 Å². The minimum atomic E-state index is -0.243. The minimum absolute atomic E-state index is 0.139. The number of nitrogens with zero attached hydrogens (tertiary/aromatic N) is 5. The number of amides is 1. The predicted octanol–water partition coefficient (Wildman–Crippen LogP) is 4.77. The molecule has 0 bridgehead atoms. The van der Waals surface area contributed by atoms with E-state index in [0.29, 0.717) is 18.3 Å². The summed E-state index contributed by atoms with van der Waals surface area (Å²) in [5, 5.41) is 9.96. The molecule has 168 valence electrons. The lowest BCUT2D eigenvalue weighted by molar-refractivity contribution is -0.133. The van der Waals surface area contributed by atoms with Crippen molar-refractivity contribution in [3.05, 3.63) is 35.9 Å². The first-order valence-electron chi connectivity index (χ1n) is 11.5. The second-order valence-electron chi connectivity index (χ2n) is 9.98. The summed E-state index contributed by atoms with van der Waals surface area (Å²) in [6.45, 7) is 11.3. The Morgan fingerprint density at radius 2 is 1.77 bits per heavy atom. The summed E-state index contributed by atoms with van der Waals surface area (Å²) in [6, 6.07) is 10.7. The largest absolute Gasteiger partial charge is 0.341 e. The summed E-state index contributed by atoms with van der Waals surface area (Å²) in [7, 11) is 0. The van der Waals surface area contributed by atoms with Crippen LogP contribution >= 0.6 is 11.8 Å². The molecular formula is C24H35N5OS. The summed E-state index contributed by atoms with van der Waals surface area (Å²) < 4.78 is 2.30. The number of anilines is 1. The molecule has 1 amide bonds. The second-order valence-corrected chi connectivity index (χ2v) is 10.9. The number of carbonyl (C=O) groups is 1. The van der Waals surface area contributed by atoms with Crippen molar-refractivity contribution in [2.24, 2.45) is 5.92 Å². The molecule has 7 heteroatoms. The number of hydrogen-bond acceptors (Lipinski definition) is 5. The van der Waals surface area contributed by atoms with Crippen LogP contribution in [0.3, 0.4) is 0 Å². The fraction of sp³-hybridized carbons (Fsp3) is 0.625. The van der Waals surface area contributed by atoms with E-state index in [9.17, 15) is 4.79 Å². The number of aromatic nitrogens is 3. The zero-order valence-corrected chi connectivity index (χ0v) is 20.1. The third kappa shape index (κ3) is 5.43. The standard InChI is InChI=1S/C24H35N5OS/c1-18-12-14-27(15-13-18)22-25-26-23(29(22)20-10-11-20)31-17-21(30)28(24(2,3)4)16-19-8-6-5-7-9-19/h5-9,18,20H,10-17H2,1-4H3. The molecule has 2 aliphatic rings. The molecule has 6 nitrogen and oxygen atoms in total. The monoisotopic (exact) mass is 441 g/mol. The van der Waals surface area contributed by atoms with Gasteiger partial charge in [0.25, 0.3) is 0 Å². The van der Waals surface area contributed by atoms with Gasteiger partial charge in [-0.3, -0.25) is 9.36 Å². The highest BCUT2D eigenvalue weighted by Gasteiger charge is 2.33. The average Bonchev–Trinajstić information content (AvgIpc) is 3.50.